The Morgan fingerprint density at radius 2 is 1.94 bits per heavy atom. The number of nitrogens with one attached hydrogen (secondary N) is 1. The Labute approximate surface area is 191 Å². The monoisotopic (exact) mass is 452 g/mol. The number of ether oxygens (including phenoxy) is 1. The predicted octanol–water partition coefficient (Wildman–Crippen LogP) is 1.82. The molecule has 2 fully saturated rings. The summed E-state index contributed by atoms with van der Waals surface area (Å²) in [6, 6.07) is 0.175. The standard InChI is InChI=1S/C20H24N8O.C2H4O2/c1-3-28-18(14-8-21-12(2)22-9-14)26-16-17(23-11-24-19(16)28)25-15-6-7-27(10-15)20(29)13-4-5-13;1-4-2-3/h8-9,11,13,15H,3-7,10H2,1-2H3,(H,23,24,25);2H,1H3/t15-;/m0./s1. The topological polar surface area (TPSA) is 128 Å². The number of carbonyl (C=O) groups is 2. The molecule has 0 aromatic carbocycles. The number of aromatic nitrogens is 6. The number of aryl methyl sites for hydroxylation is 2. The van der Waals surface area contributed by atoms with E-state index in [9.17, 15) is 4.79 Å². The highest BCUT2D eigenvalue weighted by molar-refractivity contribution is 5.86. The average molecular weight is 453 g/mol. The normalized spacial score (nSPS) is 17.4. The van der Waals surface area contributed by atoms with Crippen LogP contribution in [0.1, 0.15) is 32.0 Å². The second kappa shape index (κ2) is 9.88. The number of nitrogens with zero attached hydrogens (tertiary/aromatic N) is 7. The summed E-state index contributed by atoms with van der Waals surface area (Å²) in [5.41, 5.74) is 2.37. The summed E-state index contributed by atoms with van der Waals surface area (Å²) in [6.45, 7) is 6.54. The molecule has 1 saturated carbocycles. The van der Waals surface area contributed by atoms with Crippen LogP contribution in [0.25, 0.3) is 22.6 Å². The molecule has 2 aliphatic rings. The summed E-state index contributed by atoms with van der Waals surface area (Å²) < 4.78 is 5.91. The maximum absolute atomic E-state index is 12.3. The molecular weight excluding hydrogens is 424 g/mol. The van der Waals surface area contributed by atoms with Crippen molar-refractivity contribution in [1.82, 2.24) is 34.4 Å². The molecule has 174 valence electrons. The molecule has 0 radical (unpaired) electrons. The number of amides is 1. The van der Waals surface area contributed by atoms with Gasteiger partial charge >= 0.3 is 0 Å². The highest BCUT2D eigenvalue weighted by atomic mass is 16.5. The van der Waals surface area contributed by atoms with Crippen LogP contribution < -0.4 is 5.32 Å². The zero-order chi connectivity index (χ0) is 23.4. The third-order valence-electron chi connectivity index (χ3n) is 5.75. The van der Waals surface area contributed by atoms with Crippen molar-refractivity contribution in [2.75, 3.05) is 25.5 Å². The minimum atomic E-state index is 0.175. The maximum atomic E-state index is 12.3. The number of hydrogen-bond donors (Lipinski definition) is 1. The second-order valence-electron chi connectivity index (χ2n) is 8.11. The predicted molar refractivity (Wildman–Crippen MR) is 121 cm³/mol. The molecule has 1 aliphatic heterocycles. The van der Waals surface area contributed by atoms with Gasteiger partial charge in [0.2, 0.25) is 5.91 Å². The van der Waals surface area contributed by atoms with E-state index in [1.807, 2.05) is 16.4 Å². The van der Waals surface area contributed by atoms with Crippen LogP contribution in [0.15, 0.2) is 18.7 Å². The molecule has 1 amide bonds. The van der Waals surface area contributed by atoms with Crippen LogP contribution in [0.3, 0.4) is 0 Å². The van der Waals surface area contributed by atoms with Gasteiger partial charge in [0.25, 0.3) is 6.47 Å². The highest BCUT2D eigenvalue weighted by Gasteiger charge is 2.36. The smallest absolute Gasteiger partial charge is 0.292 e. The minimum absolute atomic E-state index is 0.175. The fraction of sp³-hybridized carbons (Fsp3) is 0.500. The Balaban J connectivity index is 0.000000601. The maximum Gasteiger partial charge on any atom is 0.292 e. The van der Waals surface area contributed by atoms with Crippen molar-refractivity contribution in [3.63, 3.8) is 0 Å². The van der Waals surface area contributed by atoms with Crippen LogP contribution >= 0.6 is 0 Å². The van der Waals surface area contributed by atoms with Gasteiger partial charge in [0.1, 0.15) is 18.0 Å². The molecular formula is C22H28N8O3. The summed E-state index contributed by atoms with van der Waals surface area (Å²) in [7, 11) is 1.31. The van der Waals surface area contributed by atoms with Crippen LogP contribution in [0.2, 0.25) is 0 Å². The molecule has 33 heavy (non-hydrogen) atoms. The number of hydrogen-bond acceptors (Lipinski definition) is 9. The quantitative estimate of drug-likeness (QED) is 0.557. The SMILES string of the molecule is CCn1c(-c2cnc(C)nc2)nc2c(N[C@H]3CCN(C(=O)C4CC4)C3)ncnc21.COC=O. The van der Waals surface area contributed by atoms with Gasteiger partial charge in [-0.1, -0.05) is 0 Å². The number of fused-ring (bicyclic) bond motifs is 1. The summed E-state index contributed by atoms with van der Waals surface area (Å²) in [4.78, 5) is 45.6. The minimum Gasteiger partial charge on any atom is -0.471 e. The molecule has 5 rings (SSSR count). The van der Waals surface area contributed by atoms with E-state index < -0.39 is 0 Å². The molecule has 3 aromatic heterocycles. The lowest BCUT2D eigenvalue weighted by Crippen LogP contribution is -2.32. The van der Waals surface area contributed by atoms with Gasteiger partial charge < -0.3 is 19.5 Å². The largest absolute Gasteiger partial charge is 0.471 e. The Kier molecular flexibility index (Phi) is 6.76. The lowest BCUT2D eigenvalue weighted by atomic mass is 10.2. The van der Waals surface area contributed by atoms with E-state index in [1.54, 1.807) is 18.7 Å². The van der Waals surface area contributed by atoms with Crippen LogP contribution in [0.5, 0.6) is 0 Å². The molecule has 11 heteroatoms. The summed E-state index contributed by atoms with van der Waals surface area (Å²) >= 11 is 0. The lowest BCUT2D eigenvalue weighted by Gasteiger charge is -2.17. The molecule has 11 nitrogen and oxygen atoms in total. The van der Waals surface area contributed by atoms with E-state index in [0.29, 0.717) is 24.7 Å². The van der Waals surface area contributed by atoms with Gasteiger partial charge in [-0.05, 0) is 33.1 Å². The van der Waals surface area contributed by atoms with Crippen LogP contribution in [-0.4, -0.2) is 73.0 Å². The van der Waals surface area contributed by atoms with E-state index in [2.05, 4.69) is 36.9 Å². The van der Waals surface area contributed by atoms with E-state index in [4.69, 9.17) is 9.78 Å². The first kappa shape index (κ1) is 22.6. The van der Waals surface area contributed by atoms with Crippen molar-refractivity contribution >= 4 is 29.4 Å². The molecule has 1 N–H and O–H groups in total. The van der Waals surface area contributed by atoms with E-state index >= 15 is 0 Å². The van der Waals surface area contributed by atoms with Gasteiger partial charge in [-0.3, -0.25) is 9.59 Å². The number of likely N-dealkylation sites (tertiary alicyclic amines) is 1. The Bertz CT molecular complexity index is 1130. The Morgan fingerprint density at radius 1 is 1.21 bits per heavy atom. The average Bonchev–Trinajstić information content (AvgIpc) is 3.47. The first-order chi connectivity index (χ1) is 16.0. The van der Waals surface area contributed by atoms with Gasteiger partial charge in [0, 0.05) is 44.0 Å². The van der Waals surface area contributed by atoms with Gasteiger partial charge in [-0.15, -0.1) is 0 Å². The molecule has 3 aromatic rings. The zero-order valence-corrected chi connectivity index (χ0v) is 19.1. The van der Waals surface area contributed by atoms with E-state index in [1.165, 1.54) is 7.11 Å². The van der Waals surface area contributed by atoms with Crippen LogP contribution in [-0.2, 0) is 20.9 Å². The number of anilines is 1. The van der Waals surface area contributed by atoms with Crippen molar-refractivity contribution in [3.8, 4) is 11.4 Å². The summed E-state index contributed by atoms with van der Waals surface area (Å²) in [6.07, 6.45) is 8.14. The van der Waals surface area contributed by atoms with Gasteiger partial charge in [-0.25, -0.2) is 24.9 Å². The van der Waals surface area contributed by atoms with E-state index in [-0.39, 0.29) is 12.0 Å². The van der Waals surface area contributed by atoms with Gasteiger partial charge in [0.05, 0.1) is 12.7 Å². The first-order valence-corrected chi connectivity index (χ1v) is 11.1. The fourth-order valence-corrected chi connectivity index (χ4v) is 3.93. The molecule has 1 atom stereocenters. The fourth-order valence-electron chi connectivity index (χ4n) is 3.93. The second-order valence-corrected chi connectivity index (χ2v) is 8.11. The zero-order valence-electron chi connectivity index (χ0n) is 19.1. The first-order valence-electron chi connectivity index (χ1n) is 11.1. The van der Waals surface area contributed by atoms with Crippen molar-refractivity contribution < 1.29 is 14.3 Å². The third-order valence-corrected chi connectivity index (χ3v) is 5.75. The number of imidazole rings is 1. The van der Waals surface area contributed by atoms with Gasteiger partial charge in [-0.2, -0.15) is 0 Å². The van der Waals surface area contributed by atoms with Gasteiger partial charge in [0.15, 0.2) is 17.0 Å². The molecule has 0 bridgehead atoms. The van der Waals surface area contributed by atoms with Crippen LogP contribution in [0.4, 0.5) is 5.82 Å². The van der Waals surface area contributed by atoms with Crippen molar-refractivity contribution in [1.29, 1.82) is 0 Å². The van der Waals surface area contributed by atoms with Crippen molar-refractivity contribution in [3.05, 3.63) is 24.5 Å². The molecule has 1 aliphatic carbocycles. The molecule has 1 saturated heterocycles. The molecule has 0 spiro atoms. The van der Waals surface area contributed by atoms with E-state index in [0.717, 1.165) is 60.7 Å². The van der Waals surface area contributed by atoms with Crippen LogP contribution in [0, 0.1) is 12.8 Å². The highest BCUT2D eigenvalue weighted by Crippen LogP contribution is 2.33. The Hall–Kier alpha value is -3.63. The Morgan fingerprint density at radius 3 is 2.58 bits per heavy atom. The number of rotatable bonds is 6. The molecule has 0 unspecified atom stereocenters. The van der Waals surface area contributed by atoms with Crippen molar-refractivity contribution in [2.45, 2.75) is 45.7 Å². The summed E-state index contributed by atoms with van der Waals surface area (Å²) in [5, 5.41) is 3.50. The van der Waals surface area contributed by atoms with Crippen molar-refractivity contribution in [2.24, 2.45) is 5.92 Å². The number of methoxy groups -OCH3 is 1. The number of carbonyl (C=O) groups excluding carboxylic acids is 2. The lowest BCUT2D eigenvalue weighted by molar-refractivity contribution is -0.131. The molecule has 4 heterocycles. The summed E-state index contributed by atoms with van der Waals surface area (Å²) in [5.74, 6) is 2.78. The third kappa shape index (κ3) is 4.91.